The topological polar surface area (TPSA) is 85.8 Å². The molecular formula is C22H38IN5O2S. The van der Waals surface area contributed by atoms with E-state index in [2.05, 4.69) is 49.5 Å². The van der Waals surface area contributed by atoms with Gasteiger partial charge < -0.3 is 10.6 Å². The summed E-state index contributed by atoms with van der Waals surface area (Å²) in [6.07, 6.45) is 6.11. The van der Waals surface area contributed by atoms with Crippen molar-refractivity contribution in [3.63, 3.8) is 0 Å². The lowest BCUT2D eigenvalue weighted by Crippen LogP contribution is -2.42. The Labute approximate surface area is 204 Å². The van der Waals surface area contributed by atoms with Crippen molar-refractivity contribution in [1.29, 1.82) is 0 Å². The van der Waals surface area contributed by atoms with Crippen LogP contribution in [0.4, 0.5) is 0 Å². The van der Waals surface area contributed by atoms with Crippen LogP contribution in [0.25, 0.3) is 0 Å². The van der Waals surface area contributed by atoms with E-state index in [-0.39, 0.29) is 29.7 Å². The minimum absolute atomic E-state index is 0. The van der Waals surface area contributed by atoms with Crippen molar-refractivity contribution in [3.05, 3.63) is 35.4 Å². The fourth-order valence-corrected chi connectivity index (χ4v) is 4.78. The van der Waals surface area contributed by atoms with Crippen molar-refractivity contribution in [3.8, 4) is 0 Å². The molecule has 2 fully saturated rings. The molecule has 0 spiro atoms. The second-order valence-corrected chi connectivity index (χ2v) is 10.3. The number of rotatable bonds is 11. The molecule has 31 heavy (non-hydrogen) atoms. The summed E-state index contributed by atoms with van der Waals surface area (Å²) in [5, 5.41) is 6.32. The van der Waals surface area contributed by atoms with E-state index in [1.807, 2.05) is 6.92 Å². The van der Waals surface area contributed by atoms with Crippen LogP contribution in [-0.2, 0) is 23.1 Å². The largest absolute Gasteiger partial charge is 0.357 e. The third-order valence-corrected chi connectivity index (χ3v) is 7.22. The molecule has 0 atom stereocenters. The predicted molar refractivity (Wildman–Crippen MR) is 138 cm³/mol. The van der Waals surface area contributed by atoms with Crippen molar-refractivity contribution < 1.29 is 8.42 Å². The quantitative estimate of drug-likeness (QED) is 0.219. The summed E-state index contributed by atoms with van der Waals surface area (Å²) in [5.74, 6) is 1.22. The minimum Gasteiger partial charge on any atom is -0.357 e. The van der Waals surface area contributed by atoms with Crippen LogP contribution < -0.4 is 15.4 Å². The zero-order valence-electron chi connectivity index (χ0n) is 18.6. The standard InChI is InChI=1S/C22H37N5O2S.HI/c1-2-23-22(24-12-15-30(28,29)26-17-19-6-5-7-19)25-16-20-8-10-21(11-9-20)18-27-13-3-4-14-27;/h8-11,19,26H,2-7,12-18H2,1H3,(H2,23,24,25);1H. The minimum atomic E-state index is -3.24. The van der Waals surface area contributed by atoms with Crippen LogP contribution >= 0.6 is 24.0 Å². The molecule has 2 aliphatic rings. The van der Waals surface area contributed by atoms with E-state index < -0.39 is 10.0 Å². The van der Waals surface area contributed by atoms with E-state index in [9.17, 15) is 8.42 Å². The lowest BCUT2D eigenvalue weighted by atomic mass is 9.86. The van der Waals surface area contributed by atoms with Gasteiger partial charge in [-0.2, -0.15) is 0 Å². The molecule has 1 heterocycles. The fourth-order valence-electron chi connectivity index (χ4n) is 3.78. The lowest BCUT2D eigenvalue weighted by molar-refractivity contribution is 0.316. The number of guanidine groups is 1. The Morgan fingerprint density at radius 1 is 1.06 bits per heavy atom. The molecule has 0 amide bonds. The Morgan fingerprint density at radius 2 is 1.74 bits per heavy atom. The molecular weight excluding hydrogens is 525 g/mol. The van der Waals surface area contributed by atoms with E-state index in [1.165, 1.54) is 37.9 Å². The second kappa shape index (κ2) is 13.6. The molecule has 3 N–H and O–H groups in total. The van der Waals surface area contributed by atoms with E-state index in [1.54, 1.807) is 0 Å². The first kappa shape index (κ1) is 26.3. The number of nitrogens with one attached hydrogen (secondary N) is 3. The van der Waals surface area contributed by atoms with E-state index in [4.69, 9.17) is 0 Å². The summed E-state index contributed by atoms with van der Waals surface area (Å²) in [6, 6.07) is 8.63. The SMILES string of the molecule is CCNC(=NCc1ccc(CN2CCCC2)cc1)NCCS(=O)(=O)NCC1CCC1.I. The first-order valence-corrected chi connectivity index (χ1v) is 13.0. The normalized spacial score (nSPS) is 17.8. The van der Waals surface area contributed by atoms with Crippen LogP contribution in [0.15, 0.2) is 29.3 Å². The van der Waals surface area contributed by atoms with E-state index >= 15 is 0 Å². The van der Waals surface area contributed by atoms with E-state index in [0.717, 1.165) is 31.5 Å². The molecule has 176 valence electrons. The smallest absolute Gasteiger partial charge is 0.213 e. The van der Waals surface area contributed by atoms with Crippen LogP contribution in [0.1, 0.15) is 50.2 Å². The summed E-state index contributed by atoms with van der Waals surface area (Å²) in [4.78, 5) is 7.10. The number of likely N-dealkylation sites (tertiary alicyclic amines) is 1. The molecule has 1 aromatic carbocycles. The van der Waals surface area contributed by atoms with Crippen LogP contribution in [0.3, 0.4) is 0 Å². The number of hydrogen-bond acceptors (Lipinski definition) is 4. The van der Waals surface area contributed by atoms with Gasteiger partial charge in [-0.3, -0.25) is 4.90 Å². The molecule has 7 nitrogen and oxygen atoms in total. The van der Waals surface area contributed by atoms with Crippen molar-refractivity contribution in [2.24, 2.45) is 10.9 Å². The van der Waals surface area contributed by atoms with Gasteiger partial charge in [-0.25, -0.2) is 18.1 Å². The second-order valence-electron chi connectivity index (χ2n) is 8.39. The molecule has 0 aromatic heterocycles. The zero-order chi connectivity index (χ0) is 21.2. The van der Waals surface area contributed by atoms with Gasteiger partial charge in [-0.1, -0.05) is 30.7 Å². The first-order chi connectivity index (χ1) is 14.5. The average Bonchev–Trinajstić information content (AvgIpc) is 3.19. The maximum atomic E-state index is 12.1. The Balaban J connectivity index is 0.00000341. The highest BCUT2D eigenvalue weighted by molar-refractivity contribution is 14.0. The van der Waals surface area contributed by atoms with Crippen LogP contribution in [-0.4, -0.2) is 57.8 Å². The summed E-state index contributed by atoms with van der Waals surface area (Å²) < 4.78 is 27.0. The van der Waals surface area contributed by atoms with Gasteiger partial charge in [0.15, 0.2) is 5.96 Å². The van der Waals surface area contributed by atoms with Gasteiger partial charge in [0.1, 0.15) is 0 Å². The zero-order valence-corrected chi connectivity index (χ0v) is 21.8. The monoisotopic (exact) mass is 563 g/mol. The van der Waals surface area contributed by atoms with Gasteiger partial charge in [0.2, 0.25) is 10.0 Å². The van der Waals surface area contributed by atoms with Crippen molar-refractivity contribution >= 4 is 40.0 Å². The third-order valence-electron chi connectivity index (χ3n) is 5.87. The summed E-state index contributed by atoms with van der Waals surface area (Å²) in [6.45, 7) is 7.63. The summed E-state index contributed by atoms with van der Waals surface area (Å²) in [5.41, 5.74) is 2.49. The lowest BCUT2D eigenvalue weighted by Gasteiger charge is -2.25. The average molecular weight is 564 g/mol. The molecule has 1 aliphatic heterocycles. The van der Waals surface area contributed by atoms with Crippen molar-refractivity contribution in [2.45, 2.75) is 52.1 Å². The summed E-state index contributed by atoms with van der Waals surface area (Å²) in [7, 11) is -3.24. The molecule has 1 aromatic rings. The highest BCUT2D eigenvalue weighted by atomic mass is 127. The van der Waals surface area contributed by atoms with Gasteiger partial charge in [-0.15, -0.1) is 24.0 Å². The van der Waals surface area contributed by atoms with Gasteiger partial charge in [-0.05, 0) is 62.7 Å². The van der Waals surface area contributed by atoms with Gasteiger partial charge in [0.05, 0.1) is 12.3 Å². The molecule has 0 unspecified atom stereocenters. The van der Waals surface area contributed by atoms with Gasteiger partial charge >= 0.3 is 0 Å². The Kier molecular flexibility index (Phi) is 11.6. The Morgan fingerprint density at radius 3 is 2.35 bits per heavy atom. The van der Waals surface area contributed by atoms with Crippen LogP contribution in [0, 0.1) is 5.92 Å². The van der Waals surface area contributed by atoms with Crippen LogP contribution in [0.2, 0.25) is 0 Å². The molecule has 1 saturated heterocycles. The van der Waals surface area contributed by atoms with Gasteiger partial charge in [0.25, 0.3) is 0 Å². The highest BCUT2D eigenvalue weighted by Gasteiger charge is 2.20. The maximum absolute atomic E-state index is 12.1. The molecule has 1 saturated carbocycles. The first-order valence-electron chi connectivity index (χ1n) is 11.3. The number of hydrogen-bond donors (Lipinski definition) is 3. The molecule has 9 heteroatoms. The molecule has 1 aliphatic carbocycles. The number of halogens is 1. The van der Waals surface area contributed by atoms with Gasteiger partial charge in [0, 0.05) is 26.2 Å². The molecule has 0 bridgehead atoms. The van der Waals surface area contributed by atoms with E-state index in [0.29, 0.717) is 31.5 Å². The number of aliphatic imine (C=N–C) groups is 1. The Hall–Kier alpha value is -0.910. The fraction of sp³-hybridized carbons (Fsp3) is 0.682. The van der Waals surface area contributed by atoms with Crippen molar-refractivity contribution in [1.82, 2.24) is 20.3 Å². The number of sulfonamides is 1. The predicted octanol–water partition coefficient (Wildman–Crippen LogP) is 2.68. The van der Waals surface area contributed by atoms with Crippen molar-refractivity contribution in [2.75, 3.05) is 38.5 Å². The molecule has 0 radical (unpaired) electrons. The Bertz CT molecular complexity index is 776. The number of nitrogens with zero attached hydrogens (tertiary/aromatic N) is 2. The molecule has 3 rings (SSSR count). The third kappa shape index (κ3) is 9.63. The number of benzene rings is 1. The maximum Gasteiger partial charge on any atom is 0.213 e. The van der Waals surface area contributed by atoms with Crippen LogP contribution in [0.5, 0.6) is 0 Å². The summed E-state index contributed by atoms with van der Waals surface area (Å²) >= 11 is 0. The highest BCUT2D eigenvalue weighted by Crippen LogP contribution is 2.25.